The molecule has 2 unspecified atom stereocenters. The predicted octanol–water partition coefficient (Wildman–Crippen LogP) is 2.86. The van der Waals surface area contributed by atoms with Crippen molar-refractivity contribution in [3.8, 4) is 0 Å². The van der Waals surface area contributed by atoms with Gasteiger partial charge in [0.2, 0.25) is 5.91 Å². The van der Waals surface area contributed by atoms with Gasteiger partial charge in [0.25, 0.3) is 0 Å². The number of carbonyl (C=O) groups is 1. The number of furan rings is 1. The van der Waals surface area contributed by atoms with Gasteiger partial charge < -0.3 is 19.8 Å². The van der Waals surface area contributed by atoms with Gasteiger partial charge in [-0.15, -0.1) is 12.4 Å². The highest BCUT2D eigenvalue weighted by atomic mass is 35.5. The normalized spacial score (nSPS) is 18.8. The van der Waals surface area contributed by atoms with Crippen LogP contribution in [0.1, 0.15) is 36.1 Å². The van der Waals surface area contributed by atoms with Gasteiger partial charge in [-0.3, -0.25) is 4.79 Å². The maximum absolute atomic E-state index is 12.9. The highest BCUT2D eigenvalue weighted by Crippen LogP contribution is 2.28. The lowest BCUT2D eigenvalue weighted by atomic mass is 10.0. The second kappa shape index (κ2) is 8.33. The molecule has 1 aliphatic heterocycles. The van der Waals surface area contributed by atoms with E-state index >= 15 is 0 Å². The number of amides is 1. The first-order valence-corrected chi connectivity index (χ1v) is 7.98. The number of halogens is 1. The smallest absolute Gasteiger partial charge is 0.244 e. The Morgan fingerprint density at radius 1 is 1.29 bits per heavy atom. The van der Waals surface area contributed by atoms with Crippen LogP contribution in [0.25, 0.3) is 0 Å². The van der Waals surface area contributed by atoms with Crippen LogP contribution in [-0.2, 0) is 16.0 Å². The molecule has 1 aromatic heterocycles. The molecule has 1 fully saturated rings. The Bertz CT molecular complexity index is 659. The van der Waals surface area contributed by atoms with Crippen molar-refractivity contribution in [2.45, 2.75) is 25.4 Å². The fourth-order valence-electron chi connectivity index (χ4n) is 2.85. The Balaban J connectivity index is 0.00000208. The Labute approximate surface area is 148 Å². The Morgan fingerprint density at radius 3 is 2.71 bits per heavy atom. The first kappa shape index (κ1) is 18.5. The average Bonchev–Trinajstić information content (AvgIpc) is 3.10. The third-order valence-electron chi connectivity index (χ3n) is 4.20. The molecule has 1 amide bonds. The molecule has 2 aromatic rings. The summed E-state index contributed by atoms with van der Waals surface area (Å²) < 4.78 is 11.4. The van der Waals surface area contributed by atoms with E-state index in [1.54, 1.807) is 4.90 Å². The number of carbonyl (C=O) groups excluding carboxylic acids is 1. The lowest BCUT2D eigenvalue weighted by Crippen LogP contribution is -2.47. The molecule has 130 valence electrons. The number of hydrogen-bond acceptors (Lipinski definition) is 4. The van der Waals surface area contributed by atoms with Gasteiger partial charge in [-0.25, -0.2) is 0 Å². The molecule has 1 saturated heterocycles. The van der Waals surface area contributed by atoms with Crippen molar-refractivity contribution < 1.29 is 13.9 Å². The van der Waals surface area contributed by atoms with E-state index in [0.717, 1.165) is 23.5 Å². The van der Waals surface area contributed by atoms with Gasteiger partial charge in [0.15, 0.2) is 0 Å². The number of nitrogens with two attached hydrogens (primary N) is 1. The van der Waals surface area contributed by atoms with E-state index < -0.39 is 6.04 Å². The minimum absolute atomic E-state index is 0. The molecule has 5 nitrogen and oxygen atoms in total. The van der Waals surface area contributed by atoms with Crippen molar-refractivity contribution in [3.63, 3.8) is 0 Å². The summed E-state index contributed by atoms with van der Waals surface area (Å²) >= 11 is 0. The van der Waals surface area contributed by atoms with Gasteiger partial charge in [-0.05, 0) is 17.7 Å². The summed E-state index contributed by atoms with van der Waals surface area (Å²) in [4.78, 5) is 14.6. The fourth-order valence-corrected chi connectivity index (χ4v) is 2.85. The summed E-state index contributed by atoms with van der Waals surface area (Å²) in [5.74, 6) is 1.57. The summed E-state index contributed by atoms with van der Waals surface area (Å²) in [5, 5.41) is 0. The van der Waals surface area contributed by atoms with Crippen molar-refractivity contribution in [3.05, 3.63) is 59.5 Å². The number of aryl methyl sites for hydroxylation is 1. The fraction of sp³-hybridized carbons (Fsp3) is 0.389. The zero-order valence-corrected chi connectivity index (χ0v) is 14.5. The standard InChI is InChI=1S/C18H22N2O3.ClH/c1-2-14-8-9-16(23-14)15-12-22-11-10-20(15)18(21)17(19)13-6-4-3-5-7-13;/h3-9,15,17H,2,10-12,19H2,1H3;1H. The van der Waals surface area contributed by atoms with Crippen LogP contribution in [0.4, 0.5) is 0 Å². The van der Waals surface area contributed by atoms with E-state index in [4.69, 9.17) is 14.9 Å². The summed E-state index contributed by atoms with van der Waals surface area (Å²) in [6.45, 7) is 3.51. The topological polar surface area (TPSA) is 68.7 Å². The van der Waals surface area contributed by atoms with E-state index in [1.165, 1.54) is 0 Å². The molecule has 2 heterocycles. The number of rotatable bonds is 4. The Hall–Kier alpha value is -1.82. The second-order valence-electron chi connectivity index (χ2n) is 5.67. The van der Waals surface area contributed by atoms with Crippen LogP contribution in [0.15, 0.2) is 46.9 Å². The number of nitrogens with zero attached hydrogens (tertiary/aromatic N) is 1. The zero-order chi connectivity index (χ0) is 16.2. The summed E-state index contributed by atoms with van der Waals surface area (Å²) in [6, 6.07) is 12.4. The number of benzene rings is 1. The monoisotopic (exact) mass is 350 g/mol. The zero-order valence-electron chi connectivity index (χ0n) is 13.7. The van der Waals surface area contributed by atoms with Crippen LogP contribution >= 0.6 is 12.4 Å². The van der Waals surface area contributed by atoms with E-state index in [1.807, 2.05) is 49.4 Å². The third kappa shape index (κ3) is 3.80. The predicted molar refractivity (Wildman–Crippen MR) is 94.0 cm³/mol. The molecule has 0 aliphatic carbocycles. The molecule has 1 aromatic carbocycles. The lowest BCUT2D eigenvalue weighted by Gasteiger charge is -2.36. The first-order valence-electron chi connectivity index (χ1n) is 7.98. The highest BCUT2D eigenvalue weighted by molar-refractivity contribution is 5.85. The molecule has 0 radical (unpaired) electrons. The second-order valence-corrected chi connectivity index (χ2v) is 5.67. The Morgan fingerprint density at radius 2 is 2.04 bits per heavy atom. The van der Waals surface area contributed by atoms with Crippen molar-refractivity contribution in [1.82, 2.24) is 4.90 Å². The van der Waals surface area contributed by atoms with E-state index in [9.17, 15) is 4.79 Å². The van der Waals surface area contributed by atoms with Crippen molar-refractivity contribution in [2.75, 3.05) is 19.8 Å². The molecule has 2 N–H and O–H groups in total. The van der Waals surface area contributed by atoms with Crippen LogP contribution < -0.4 is 5.73 Å². The molecular formula is C18H23ClN2O3. The Kier molecular flexibility index (Phi) is 6.43. The molecule has 0 saturated carbocycles. The van der Waals surface area contributed by atoms with E-state index in [0.29, 0.717) is 19.8 Å². The van der Waals surface area contributed by atoms with E-state index in [2.05, 4.69) is 0 Å². The maximum Gasteiger partial charge on any atom is 0.244 e. The lowest BCUT2D eigenvalue weighted by molar-refractivity contribution is -0.142. The van der Waals surface area contributed by atoms with E-state index in [-0.39, 0.29) is 24.4 Å². The van der Waals surface area contributed by atoms with Gasteiger partial charge in [0.1, 0.15) is 23.6 Å². The average molecular weight is 351 g/mol. The molecule has 24 heavy (non-hydrogen) atoms. The first-order chi connectivity index (χ1) is 11.2. The summed E-state index contributed by atoms with van der Waals surface area (Å²) in [7, 11) is 0. The van der Waals surface area contributed by atoms with Crippen LogP contribution in [0.5, 0.6) is 0 Å². The van der Waals surface area contributed by atoms with Gasteiger partial charge in [0, 0.05) is 13.0 Å². The van der Waals surface area contributed by atoms with Crippen LogP contribution in [-0.4, -0.2) is 30.6 Å². The van der Waals surface area contributed by atoms with Crippen LogP contribution in [0.3, 0.4) is 0 Å². The molecule has 6 heteroatoms. The summed E-state index contributed by atoms with van der Waals surface area (Å²) in [5.41, 5.74) is 6.99. The molecule has 0 spiro atoms. The molecule has 3 rings (SSSR count). The van der Waals surface area contributed by atoms with Gasteiger partial charge in [-0.2, -0.15) is 0 Å². The van der Waals surface area contributed by atoms with Gasteiger partial charge in [0.05, 0.1) is 13.2 Å². The van der Waals surface area contributed by atoms with Crippen molar-refractivity contribution >= 4 is 18.3 Å². The highest BCUT2D eigenvalue weighted by Gasteiger charge is 2.33. The van der Waals surface area contributed by atoms with Crippen LogP contribution in [0, 0.1) is 0 Å². The SMILES string of the molecule is CCc1ccc(C2COCCN2C(=O)C(N)c2ccccc2)o1.Cl. The van der Waals surface area contributed by atoms with Crippen LogP contribution in [0.2, 0.25) is 0 Å². The third-order valence-corrected chi connectivity index (χ3v) is 4.20. The van der Waals surface area contributed by atoms with Crippen molar-refractivity contribution in [1.29, 1.82) is 0 Å². The quantitative estimate of drug-likeness (QED) is 0.920. The number of morpholine rings is 1. The minimum atomic E-state index is -0.669. The van der Waals surface area contributed by atoms with Crippen molar-refractivity contribution in [2.24, 2.45) is 5.73 Å². The largest absolute Gasteiger partial charge is 0.464 e. The summed E-state index contributed by atoms with van der Waals surface area (Å²) in [6.07, 6.45) is 0.824. The minimum Gasteiger partial charge on any atom is -0.464 e. The van der Waals surface area contributed by atoms with Gasteiger partial charge >= 0.3 is 0 Å². The van der Waals surface area contributed by atoms with Gasteiger partial charge in [-0.1, -0.05) is 37.3 Å². The molecule has 2 atom stereocenters. The molecular weight excluding hydrogens is 328 g/mol. The molecule has 0 bridgehead atoms. The maximum atomic E-state index is 12.9. The number of hydrogen-bond donors (Lipinski definition) is 1. The number of ether oxygens (including phenoxy) is 1. The molecule has 1 aliphatic rings.